The van der Waals surface area contributed by atoms with Crippen LogP contribution < -0.4 is 11.3 Å². The molecule has 13 nitrogen and oxygen atoms in total. The van der Waals surface area contributed by atoms with Gasteiger partial charge in [-0.1, -0.05) is 5.11 Å². The smallest absolute Gasteiger partial charge is 0.280 e. The minimum absolute atomic E-state index is 0.0612. The fourth-order valence-corrected chi connectivity index (χ4v) is 2.68. The minimum atomic E-state index is -2.08. The van der Waals surface area contributed by atoms with Crippen molar-refractivity contribution in [2.75, 3.05) is 25.5 Å². The first-order chi connectivity index (χ1) is 12.4. The molecule has 0 saturated carbocycles. The van der Waals surface area contributed by atoms with Crippen molar-refractivity contribution < 1.29 is 24.1 Å². The molecule has 2 aromatic rings. The fraction of sp³-hybridized carbons (Fsp3) is 0.583. The molecule has 26 heavy (non-hydrogen) atoms. The number of hydrogen-bond acceptors (Lipinski definition) is 9. The van der Waals surface area contributed by atoms with Crippen molar-refractivity contribution in [3.05, 3.63) is 27.1 Å². The van der Waals surface area contributed by atoms with Crippen molar-refractivity contribution in [2.24, 2.45) is 5.11 Å². The van der Waals surface area contributed by atoms with E-state index in [1.165, 1.54) is 0 Å². The van der Waals surface area contributed by atoms with E-state index in [-0.39, 0.29) is 30.3 Å². The molecule has 3 heterocycles. The summed E-state index contributed by atoms with van der Waals surface area (Å²) in [6, 6.07) is 0. The van der Waals surface area contributed by atoms with Gasteiger partial charge in [0.1, 0.15) is 12.7 Å². The number of anilines is 1. The molecule has 1 aliphatic heterocycles. The lowest BCUT2D eigenvalue weighted by atomic mass is 10.1. The van der Waals surface area contributed by atoms with Gasteiger partial charge in [-0.25, -0.2) is 9.37 Å². The Kier molecular flexibility index (Phi) is 4.76. The molecule has 0 bridgehead atoms. The van der Waals surface area contributed by atoms with Gasteiger partial charge < -0.3 is 25.4 Å². The van der Waals surface area contributed by atoms with Gasteiger partial charge in [-0.15, -0.1) is 0 Å². The summed E-state index contributed by atoms with van der Waals surface area (Å²) in [6.45, 7) is -1.21. The maximum absolute atomic E-state index is 14.7. The van der Waals surface area contributed by atoms with Crippen LogP contribution in [0, 0.1) is 0 Å². The van der Waals surface area contributed by atoms with E-state index in [0.29, 0.717) is 0 Å². The third-order valence-electron chi connectivity index (χ3n) is 3.89. The zero-order valence-electron chi connectivity index (χ0n) is 13.2. The number of H-pyrrole nitrogens is 1. The Morgan fingerprint density at radius 2 is 2.42 bits per heavy atom. The van der Waals surface area contributed by atoms with Gasteiger partial charge in [0.2, 0.25) is 11.7 Å². The number of azide groups is 1. The number of aliphatic hydroxyl groups excluding tert-OH is 2. The number of nitrogens with two attached hydrogens (primary N) is 1. The highest BCUT2D eigenvalue weighted by atomic mass is 19.1. The molecule has 0 aliphatic carbocycles. The molecule has 1 saturated heterocycles. The Balaban J connectivity index is 1.94. The monoisotopic (exact) mass is 370 g/mol. The minimum Gasteiger partial charge on any atom is -0.391 e. The Morgan fingerprint density at radius 1 is 1.65 bits per heavy atom. The number of aromatic nitrogens is 4. The molecule has 0 amide bonds. The van der Waals surface area contributed by atoms with E-state index < -0.39 is 36.5 Å². The summed E-state index contributed by atoms with van der Waals surface area (Å²) in [7, 11) is 0. The first-order valence-corrected chi connectivity index (χ1v) is 7.41. The number of nitrogens with zero attached hydrogens (tertiary/aromatic N) is 6. The maximum atomic E-state index is 14.7. The molecule has 5 N–H and O–H groups in total. The molecule has 0 radical (unpaired) electrons. The number of nitrogens with one attached hydrogen (secondary N) is 1. The maximum Gasteiger partial charge on any atom is 0.280 e. The molecule has 4 atom stereocenters. The van der Waals surface area contributed by atoms with Crippen LogP contribution in [0.25, 0.3) is 21.6 Å². The molecule has 140 valence electrons. The number of ether oxygens (including phenoxy) is 2. The average Bonchev–Trinajstić information content (AvgIpc) is 3.13. The second-order valence-corrected chi connectivity index (χ2v) is 5.45. The van der Waals surface area contributed by atoms with E-state index in [4.69, 9.17) is 20.7 Å². The van der Waals surface area contributed by atoms with Gasteiger partial charge >= 0.3 is 0 Å². The number of rotatable bonds is 6. The zero-order chi connectivity index (χ0) is 18.9. The summed E-state index contributed by atoms with van der Waals surface area (Å²) >= 11 is 0. The Morgan fingerprint density at radius 3 is 3.12 bits per heavy atom. The van der Waals surface area contributed by atoms with Gasteiger partial charge in [-0.2, -0.15) is 4.98 Å². The molecule has 0 spiro atoms. The molecular formula is C12H15FN8O5. The van der Waals surface area contributed by atoms with Crippen molar-refractivity contribution >= 4 is 17.1 Å². The zero-order valence-corrected chi connectivity index (χ0v) is 13.2. The summed E-state index contributed by atoms with van der Waals surface area (Å²) in [4.78, 5) is 24.3. The molecule has 0 unspecified atom stereocenters. The van der Waals surface area contributed by atoms with E-state index in [2.05, 4.69) is 25.0 Å². The lowest BCUT2D eigenvalue weighted by Gasteiger charge is -2.29. The van der Waals surface area contributed by atoms with Gasteiger partial charge in [0, 0.05) is 11.5 Å². The quantitative estimate of drug-likeness (QED) is 0.213. The SMILES string of the molecule is [N-]=[N+]=NCCO[C@]1(CO)O[C@@H](n2cnc3c(=O)[nH]c(N)nc32)[C@@H](F)[C@@H]1O. The summed E-state index contributed by atoms with van der Waals surface area (Å²) in [5.41, 5.74) is 12.9. The highest BCUT2D eigenvalue weighted by Crippen LogP contribution is 2.40. The van der Waals surface area contributed by atoms with Crippen LogP contribution in [-0.4, -0.2) is 67.6 Å². The van der Waals surface area contributed by atoms with Gasteiger partial charge in [0.25, 0.3) is 5.56 Å². The normalized spacial score (nSPS) is 28.3. The lowest BCUT2D eigenvalue weighted by Crippen LogP contribution is -2.48. The molecular weight excluding hydrogens is 355 g/mol. The number of halogens is 1. The topological polar surface area (TPSA) is 197 Å². The van der Waals surface area contributed by atoms with Crippen LogP contribution in [0.3, 0.4) is 0 Å². The van der Waals surface area contributed by atoms with E-state index >= 15 is 0 Å². The van der Waals surface area contributed by atoms with Gasteiger partial charge in [-0.05, 0) is 5.53 Å². The lowest BCUT2D eigenvalue weighted by molar-refractivity contribution is -0.280. The molecule has 14 heteroatoms. The van der Waals surface area contributed by atoms with Crippen LogP contribution in [-0.2, 0) is 9.47 Å². The van der Waals surface area contributed by atoms with E-state index in [0.717, 1.165) is 10.9 Å². The molecule has 3 rings (SSSR count). The Labute approximate surface area is 143 Å². The largest absolute Gasteiger partial charge is 0.391 e. The predicted molar refractivity (Wildman–Crippen MR) is 83.4 cm³/mol. The van der Waals surface area contributed by atoms with Crippen LogP contribution in [0.4, 0.5) is 10.3 Å². The first-order valence-electron chi connectivity index (χ1n) is 7.41. The van der Waals surface area contributed by atoms with Crippen LogP contribution in [0.2, 0.25) is 0 Å². The fourth-order valence-electron chi connectivity index (χ4n) is 2.68. The van der Waals surface area contributed by atoms with Gasteiger partial charge in [0.15, 0.2) is 23.6 Å². The number of fused-ring (bicyclic) bond motifs is 1. The second kappa shape index (κ2) is 6.86. The summed E-state index contributed by atoms with van der Waals surface area (Å²) in [6.07, 6.45) is -4.29. The molecule has 1 aliphatic rings. The molecule has 1 fully saturated rings. The second-order valence-electron chi connectivity index (χ2n) is 5.45. The third kappa shape index (κ3) is 2.85. The number of alkyl halides is 1. The van der Waals surface area contributed by atoms with Crippen molar-refractivity contribution in [1.29, 1.82) is 0 Å². The number of hydrogen-bond donors (Lipinski definition) is 4. The summed E-state index contributed by atoms with van der Waals surface area (Å²) in [5, 5.41) is 23.0. The van der Waals surface area contributed by atoms with E-state index in [1.54, 1.807) is 0 Å². The highest BCUT2D eigenvalue weighted by molar-refractivity contribution is 5.70. The van der Waals surface area contributed by atoms with Crippen LogP contribution >= 0.6 is 0 Å². The van der Waals surface area contributed by atoms with E-state index in [1.807, 2.05) is 0 Å². The number of imidazole rings is 1. The number of aliphatic hydroxyl groups is 2. The predicted octanol–water partition coefficient (Wildman–Crippen LogP) is -1.05. The molecule has 0 aromatic carbocycles. The highest BCUT2D eigenvalue weighted by Gasteiger charge is 2.57. The average molecular weight is 370 g/mol. The Hall–Kier alpha value is -2.77. The first kappa shape index (κ1) is 18.0. The van der Waals surface area contributed by atoms with Crippen molar-refractivity contribution in [1.82, 2.24) is 19.5 Å². The molecule has 2 aromatic heterocycles. The summed E-state index contributed by atoms with van der Waals surface area (Å²) < 4.78 is 26.4. The standard InChI is InChI=1S/C12H15FN8O5/c13-5-7(23)12(3-22,25-2-1-17-20-15)26-10(5)21-4-16-6-8(21)18-11(14)19-9(6)24/h4-5,7,10,22-23H,1-3H2,(H3,14,18,19,24)/t5-,7-,10+,12+/m0/s1. The number of nitrogen functional groups attached to an aromatic ring is 1. The van der Waals surface area contributed by atoms with Crippen LogP contribution in [0.5, 0.6) is 0 Å². The van der Waals surface area contributed by atoms with Crippen molar-refractivity contribution in [2.45, 2.75) is 24.3 Å². The van der Waals surface area contributed by atoms with Gasteiger partial charge in [-0.3, -0.25) is 14.3 Å². The third-order valence-corrected chi connectivity index (χ3v) is 3.89. The van der Waals surface area contributed by atoms with E-state index in [9.17, 15) is 19.4 Å². The van der Waals surface area contributed by atoms with Crippen LogP contribution in [0.1, 0.15) is 6.23 Å². The van der Waals surface area contributed by atoms with Gasteiger partial charge in [0.05, 0.1) is 12.9 Å². The van der Waals surface area contributed by atoms with Crippen molar-refractivity contribution in [3.8, 4) is 0 Å². The Bertz CT molecular complexity index is 911. The number of aromatic amines is 1. The van der Waals surface area contributed by atoms with Crippen molar-refractivity contribution in [3.63, 3.8) is 0 Å². The summed E-state index contributed by atoms with van der Waals surface area (Å²) in [5.74, 6) is -2.30. The van der Waals surface area contributed by atoms with Crippen LogP contribution in [0.15, 0.2) is 16.2 Å².